The Labute approximate surface area is 148 Å². The van der Waals surface area contributed by atoms with Gasteiger partial charge in [0.1, 0.15) is 19.3 Å². The van der Waals surface area contributed by atoms with Crippen LogP contribution in [0.15, 0.2) is 36.9 Å². The van der Waals surface area contributed by atoms with E-state index in [1.165, 1.54) is 13.0 Å². The van der Waals surface area contributed by atoms with Crippen molar-refractivity contribution in [1.82, 2.24) is 5.32 Å². The van der Waals surface area contributed by atoms with Gasteiger partial charge < -0.3 is 14.8 Å². The van der Waals surface area contributed by atoms with Crippen molar-refractivity contribution in [3.63, 3.8) is 0 Å². The van der Waals surface area contributed by atoms with Crippen LogP contribution in [-0.4, -0.2) is 30.5 Å². The average molecular weight is 347 g/mol. The zero-order chi connectivity index (χ0) is 18.8. The highest BCUT2D eigenvalue weighted by Gasteiger charge is 2.24. The monoisotopic (exact) mass is 347 g/mol. The standard InChI is InChI=1S/C19H25NO5/c1-5-10-24-19(23)20-17(11-13(2)3)18(22)25-12-15-6-8-16(9-7-15)14(4)21/h5-9,13,17H,1,10-12H2,2-4H3,(H,20,23). The first-order chi connectivity index (χ1) is 11.8. The molecule has 25 heavy (non-hydrogen) atoms. The van der Waals surface area contributed by atoms with E-state index >= 15 is 0 Å². The fraction of sp³-hybridized carbons (Fsp3) is 0.421. The predicted octanol–water partition coefficient (Wildman–Crippen LogP) is 3.26. The van der Waals surface area contributed by atoms with E-state index in [2.05, 4.69) is 11.9 Å². The van der Waals surface area contributed by atoms with Gasteiger partial charge in [0.15, 0.2) is 5.78 Å². The number of amides is 1. The zero-order valence-electron chi connectivity index (χ0n) is 14.9. The number of rotatable bonds is 9. The minimum absolute atomic E-state index is 0.0252. The Kier molecular flexibility index (Phi) is 8.39. The Balaban J connectivity index is 2.62. The molecule has 1 aromatic carbocycles. The molecule has 1 amide bonds. The summed E-state index contributed by atoms with van der Waals surface area (Å²) in [5.41, 5.74) is 1.36. The molecule has 0 aliphatic carbocycles. The molecular formula is C19H25NO5. The van der Waals surface area contributed by atoms with Crippen LogP contribution in [0.3, 0.4) is 0 Å². The van der Waals surface area contributed by atoms with Crippen LogP contribution in [0, 0.1) is 5.92 Å². The van der Waals surface area contributed by atoms with Gasteiger partial charge in [-0.3, -0.25) is 4.79 Å². The maximum atomic E-state index is 12.3. The molecule has 0 saturated carbocycles. The number of hydrogen-bond acceptors (Lipinski definition) is 5. The number of nitrogens with one attached hydrogen (secondary N) is 1. The number of Topliss-reactive ketones (excluding diaryl/α,β-unsaturated/α-hetero) is 1. The van der Waals surface area contributed by atoms with Crippen LogP contribution in [0.2, 0.25) is 0 Å². The molecule has 1 aromatic rings. The van der Waals surface area contributed by atoms with Crippen molar-refractivity contribution in [1.29, 1.82) is 0 Å². The van der Waals surface area contributed by atoms with E-state index in [0.29, 0.717) is 12.0 Å². The van der Waals surface area contributed by atoms with Crippen molar-refractivity contribution < 1.29 is 23.9 Å². The fourth-order valence-electron chi connectivity index (χ4n) is 2.09. The van der Waals surface area contributed by atoms with E-state index in [1.54, 1.807) is 24.3 Å². The molecule has 0 fully saturated rings. The summed E-state index contributed by atoms with van der Waals surface area (Å²) in [4.78, 5) is 35.2. The van der Waals surface area contributed by atoms with Gasteiger partial charge in [-0.2, -0.15) is 0 Å². The Bertz CT molecular complexity index is 607. The summed E-state index contributed by atoms with van der Waals surface area (Å²) in [6.45, 7) is 8.96. The SMILES string of the molecule is C=CCOC(=O)NC(CC(C)C)C(=O)OCc1ccc(C(C)=O)cc1. The number of hydrogen-bond donors (Lipinski definition) is 1. The topological polar surface area (TPSA) is 81.7 Å². The lowest BCUT2D eigenvalue weighted by Gasteiger charge is -2.19. The van der Waals surface area contributed by atoms with Crippen LogP contribution in [0.1, 0.15) is 43.1 Å². The second-order valence-electron chi connectivity index (χ2n) is 6.07. The van der Waals surface area contributed by atoms with Crippen LogP contribution in [0.25, 0.3) is 0 Å². The lowest BCUT2D eigenvalue weighted by molar-refractivity contribution is -0.147. The zero-order valence-corrected chi connectivity index (χ0v) is 14.9. The molecule has 0 aliphatic rings. The van der Waals surface area contributed by atoms with Crippen LogP contribution >= 0.6 is 0 Å². The third kappa shape index (κ3) is 7.65. The van der Waals surface area contributed by atoms with Crippen LogP contribution in [-0.2, 0) is 20.9 Å². The van der Waals surface area contributed by atoms with E-state index in [-0.39, 0.29) is 24.9 Å². The average Bonchev–Trinajstić information content (AvgIpc) is 2.57. The molecule has 0 heterocycles. The molecule has 0 saturated heterocycles. The number of alkyl carbamates (subject to hydrolysis) is 1. The number of carbonyl (C=O) groups is 3. The van der Waals surface area contributed by atoms with Crippen molar-refractivity contribution in [2.45, 2.75) is 39.8 Å². The first kappa shape index (κ1) is 20.4. The van der Waals surface area contributed by atoms with Crippen molar-refractivity contribution >= 4 is 17.8 Å². The second kappa shape index (κ2) is 10.3. The van der Waals surface area contributed by atoms with Crippen molar-refractivity contribution in [2.75, 3.05) is 6.61 Å². The fourth-order valence-corrected chi connectivity index (χ4v) is 2.09. The van der Waals surface area contributed by atoms with Gasteiger partial charge in [-0.25, -0.2) is 9.59 Å². The molecule has 0 aliphatic heterocycles. The van der Waals surface area contributed by atoms with E-state index < -0.39 is 18.1 Å². The predicted molar refractivity (Wildman–Crippen MR) is 94.2 cm³/mol. The molecule has 6 nitrogen and oxygen atoms in total. The highest BCUT2D eigenvalue weighted by atomic mass is 16.6. The Morgan fingerprint density at radius 1 is 1.16 bits per heavy atom. The first-order valence-corrected chi connectivity index (χ1v) is 8.14. The maximum Gasteiger partial charge on any atom is 0.408 e. The highest BCUT2D eigenvalue weighted by Crippen LogP contribution is 2.10. The molecule has 6 heteroatoms. The number of esters is 1. The van der Waals surface area contributed by atoms with Crippen LogP contribution in [0.4, 0.5) is 4.79 Å². The van der Waals surface area contributed by atoms with Gasteiger partial charge in [-0.1, -0.05) is 50.8 Å². The van der Waals surface area contributed by atoms with Gasteiger partial charge in [-0.15, -0.1) is 0 Å². The third-order valence-corrected chi connectivity index (χ3v) is 3.36. The number of benzene rings is 1. The van der Waals surface area contributed by atoms with Gasteiger partial charge in [0.25, 0.3) is 0 Å². The molecule has 1 atom stereocenters. The van der Waals surface area contributed by atoms with Crippen molar-refractivity contribution in [3.05, 3.63) is 48.0 Å². The largest absolute Gasteiger partial charge is 0.459 e. The maximum absolute atomic E-state index is 12.3. The number of ether oxygens (including phenoxy) is 2. The summed E-state index contributed by atoms with van der Waals surface area (Å²) < 4.78 is 10.1. The van der Waals surface area contributed by atoms with Gasteiger partial charge in [0.2, 0.25) is 0 Å². The summed E-state index contributed by atoms with van der Waals surface area (Å²) in [6.07, 6.45) is 1.19. The summed E-state index contributed by atoms with van der Waals surface area (Å²) in [6, 6.07) is 6.04. The molecule has 0 spiro atoms. The molecule has 136 valence electrons. The molecule has 1 N–H and O–H groups in total. The van der Waals surface area contributed by atoms with Crippen LogP contribution in [0.5, 0.6) is 0 Å². The molecule has 0 bridgehead atoms. The van der Waals surface area contributed by atoms with E-state index in [4.69, 9.17) is 9.47 Å². The van der Waals surface area contributed by atoms with E-state index in [1.807, 2.05) is 13.8 Å². The minimum atomic E-state index is -0.784. The van der Waals surface area contributed by atoms with Crippen molar-refractivity contribution in [2.24, 2.45) is 5.92 Å². The molecule has 1 unspecified atom stereocenters. The van der Waals surface area contributed by atoms with Gasteiger partial charge >= 0.3 is 12.1 Å². The lowest BCUT2D eigenvalue weighted by atomic mass is 10.0. The van der Waals surface area contributed by atoms with Gasteiger partial charge in [-0.05, 0) is 24.8 Å². The Morgan fingerprint density at radius 3 is 2.32 bits per heavy atom. The van der Waals surface area contributed by atoms with Gasteiger partial charge in [0, 0.05) is 5.56 Å². The van der Waals surface area contributed by atoms with Gasteiger partial charge in [0.05, 0.1) is 0 Å². The summed E-state index contributed by atoms with van der Waals surface area (Å²) >= 11 is 0. The molecule has 0 radical (unpaired) electrons. The quantitative estimate of drug-likeness (QED) is 0.421. The number of ketones is 1. The Hall–Kier alpha value is -2.63. The highest BCUT2D eigenvalue weighted by molar-refractivity contribution is 5.94. The normalized spacial score (nSPS) is 11.5. The number of carbonyl (C=O) groups excluding carboxylic acids is 3. The third-order valence-electron chi connectivity index (χ3n) is 3.36. The Morgan fingerprint density at radius 2 is 1.80 bits per heavy atom. The second-order valence-corrected chi connectivity index (χ2v) is 6.07. The van der Waals surface area contributed by atoms with E-state index in [9.17, 15) is 14.4 Å². The summed E-state index contributed by atoms with van der Waals surface area (Å²) in [7, 11) is 0. The summed E-state index contributed by atoms with van der Waals surface area (Å²) in [5.74, 6) is -0.366. The molecular weight excluding hydrogens is 322 g/mol. The lowest BCUT2D eigenvalue weighted by Crippen LogP contribution is -2.43. The van der Waals surface area contributed by atoms with Crippen LogP contribution < -0.4 is 5.32 Å². The molecule has 1 rings (SSSR count). The smallest absolute Gasteiger partial charge is 0.408 e. The molecule has 0 aromatic heterocycles. The van der Waals surface area contributed by atoms with Crippen molar-refractivity contribution in [3.8, 4) is 0 Å². The van der Waals surface area contributed by atoms with E-state index in [0.717, 1.165) is 5.56 Å². The first-order valence-electron chi connectivity index (χ1n) is 8.14. The minimum Gasteiger partial charge on any atom is -0.459 e. The summed E-state index contributed by atoms with van der Waals surface area (Å²) in [5, 5.41) is 2.52.